The number of halogens is 1. The van der Waals surface area contributed by atoms with Gasteiger partial charge >= 0.3 is 0 Å². The van der Waals surface area contributed by atoms with Crippen molar-refractivity contribution in [3.63, 3.8) is 0 Å². The molecule has 4 nitrogen and oxygen atoms in total. The van der Waals surface area contributed by atoms with Gasteiger partial charge in [-0.05, 0) is 60.9 Å². The first-order chi connectivity index (χ1) is 16.5. The molecule has 1 heterocycles. The lowest BCUT2D eigenvalue weighted by Crippen LogP contribution is -2.46. The van der Waals surface area contributed by atoms with Gasteiger partial charge in [-0.2, -0.15) is 0 Å². The van der Waals surface area contributed by atoms with Crippen molar-refractivity contribution in [3.8, 4) is 5.75 Å². The Balaban J connectivity index is 2.21. The first kappa shape index (κ1) is 31.3. The van der Waals surface area contributed by atoms with Crippen LogP contribution in [0.15, 0.2) is 49.1 Å². The topological polar surface area (TPSA) is 36.9 Å². The number of hydrogen-bond donors (Lipinski definition) is 0. The van der Waals surface area contributed by atoms with Crippen molar-refractivity contribution >= 4 is 28.2 Å². The average molecular weight is 553 g/mol. The minimum absolute atomic E-state index is 0.0468. The summed E-state index contributed by atoms with van der Waals surface area (Å²) in [5.41, 5.74) is 0. The lowest BCUT2D eigenvalue weighted by Gasteiger charge is -2.39. The maximum Gasteiger partial charge on any atom is 0.193 e. The largest absolute Gasteiger partial charge is 0.491 e. The van der Waals surface area contributed by atoms with E-state index in [9.17, 15) is 0 Å². The quantitative estimate of drug-likeness (QED) is 0.203. The summed E-state index contributed by atoms with van der Waals surface area (Å²) in [6, 6.07) is 7.49. The van der Waals surface area contributed by atoms with Crippen molar-refractivity contribution < 1.29 is 18.3 Å². The van der Waals surface area contributed by atoms with Crippen molar-refractivity contribution in [2.75, 3.05) is 13.2 Å². The van der Waals surface area contributed by atoms with Crippen LogP contribution >= 0.6 is 11.6 Å². The van der Waals surface area contributed by atoms with Crippen LogP contribution in [0.2, 0.25) is 41.3 Å². The Morgan fingerprint density at radius 3 is 2.28 bits per heavy atom. The molecule has 1 aromatic rings. The Bertz CT molecular complexity index is 886. The van der Waals surface area contributed by atoms with Gasteiger partial charge in [-0.1, -0.05) is 77.4 Å². The van der Waals surface area contributed by atoms with E-state index in [1.807, 2.05) is 30.3 Å². The monoisotopic (exact) mass is 552 g/mol. The molecule has 4 atom stereocenters. The van der Waals surface area contributed by atoms with E-state index in [4.69, 9.17) is 29.9 Å². The van der Waals surface area contributed by atoms with Crippen molar-refractivity contribution in [3.05, 3.63) is 54.1 Å². The summed E-state index contributed by atoms with van der Waals surface area (Å²) in [5.74, 6) is 0.972. The second kappa shape index (κ2) is 12.3. The predicted molar refractivity (Wildman–Crippen MR) is 158 cm³/mol. The molecule has 1 fully saturated rings. The van der Waals surface area contributed by atoms with Crippen LogP contribution in [-0.2, 0) is 13.6 Å². The van der Waals surface area contributed by atoms with E-state index < -0.39 is 16.6 Å². The molecule has 36 heavy (non-hydrogen) atoms. The van der Waals surface area contributed by atoms with E-state index >= 15 is 0 Å². The zero-order chi connectivity index (χ0) is 27.4. The molecule has 204 valence electrons. The van der Waals surface area contributed by atoms with Gasteiger partial charge in [0, 0.05) is 10.9 Å². The summed E-state index contributed by atoms with van der Waals surface area (Å²) >= 11 is 6.15. The first-order valence-electron chi connectivity index (χ1n) is 13.1. The third-order valence-corrected chi connectivity index (χ3v) is 17.3. The van der Waals surface area contributed by atoms with Gasteiger partial charge in [0.05, 0.1) is 24.9 Å². The summed E-state index contributed by atoms with van der Waals surface area (Å²) in [4.78, 5) is 0. The van der Waals surface area contributed by atoms with Gasteiger partial charge < -0.3 is 18.3 Å². The standard InChI is InChI=1S/C29H49ClO4Si2/c1-12-14-25-26(32-21-27(25)34-36(10,11)29(5,6)7)18-17-24(33-35(8,9)28(2,3)4)20-31-23-16-13-15-22(30)19-23/h12-13,15-19,24-27H,1,14,20-21H2,2-11H3/b18-17+/t24?,25-,26-,27+/m1/s1. The van der Waals surface area contributed by atoms with Gasteiger partial charge in [-0.3, -0.25) is 0 Å². The Kier molecular flexibility index (Phi) is 10.7. The molecular weight excluding hydrogens is 504 g/mol. The third-order valence-electron chi connectivity index (χ3n) is 8.02. The summed E-state index contributed by atoms with van der Waals surface area (Å²) in [5, 5.41) is 0.899. The Morgan fingerprint density at radius 2 is 1.72 bits per heavy atom. The summed E-state index contributed by atoms with van der Waals surface area (Å²) in [6.07, 6.45) is 6.94. The molecule has 7 heteroatoms. The van der Waals surface area contributed by atoms with Crippen molar-refractivity contribution in [2.45, 2.75) is 103 Å². The minimum atomic E-state index is -2.03. The highest BCUT2D eigenvalue weighted by Gasteiger charge is 2.44. The molecule has 0 aliphatic carbocycles. The molecule has 2 rings (SSSR count). The van der Waals surface area contributed by atoms with Crippen LogP contribution < -0.4 is 4.74 Å². The SMILES string of the molecule is C=CC[C@H]1[C@@H](O[Si](C)(C)C(C)(C)C)CO[C@@H]1/C=C/C(COc1cccc(Cl)c1)O[Si](C)(C)C(C)(C)C. The van der Waals surface area contributed by atoms with Gasteiger partial charge in [0.2, 0.25) is 0 Å². The molecule has 0 aromatic heterocycles. The van der Waals surface area contributed by atoms with Crippen LogP contribution in [0.1, 0.15) is 48.0 Å². The van der Waals surface area contributed by atoms with Gasteiger partial charge in [-0.15, -0.1) is 6.58 Å². The minimum Gasteiger partial charge on any atom is -0.491 e. The van der Waals surface area contributed by atoms with Crippen molar-refractivity contribution in [1.29, 1.82) is 0 Å². The summed E-state index contributed by atoms with van der Waals surface area (Å²) in [6.45, 7) is 27.7. The number of hydrogen-bond acceptors (Lipinski definition) is 4. The Labute approximate surface area is 227 Å². The Morgan fingerprint density at radius 1 is 1.08 bits per heavy atom. The summed E-state index contributed by atoms with van der Waals surface area (Å²) in [7, 11) is -3.94. The molecule has 1 aliphatic heterocycles. The number of ether oxygens (including phenoxy) is 2. The van der Waals surface area contributed by atoms with E-state index in [1.165, 1.54) is 0 Å². The highest BCUT2D eigenvalue weighted by molar-refractivity contribution is 6.74. The molecule has 0 N–H and O–H groups in total. The van der Waals surface area contributed by atoms with Gasteiger partial charge in [0.25, 0.3) is 0 Å². The zero-order valence-corrected chi connectivity index (χ0v) is 26.9. The fourth-order valence-corrected chi connectivity index (χ4v) is 6.46. The second-order valence-corrected chi connectivity index (χ2v) is 22.9. The van der Waals surface area contributed by atoms with Crippen LogP contribution in [0.5, 0.6) is 5.75 Å². The van der Waals surface area contributed by atoms with Crippen LogP contribution in [0.3, 0.4) is 0 Å². The van der Waals surface area contributed by atoms with E-state index in [1.54, 1.807) is 0 Å². The van der Waals surface area contributed by atoms with Gasteiger partial charge in [-0.25, -0.2) is 0 Å². The molecular formula is C29H49ClO4Si2. The van der Waals surface area contributed by atoms with Crippen molar-refractivity contribution in [2.24, 2.45) is 5.92 Å². The molecule has 0 spiro atoms. The fourth-order valence-electron chi connectivity index (χ4n) is 3.67. The highest BCUT2D eigenvalue weighted by Crippen LogP contribution is 2.41. The van der Waals surface area contributed by atoms with E-state index in [-0.39, 0.29) is 34.3 Å². The summed E-state index contributed by atoms with van der Waals surface area (Å²) < 4.78 is 25.9. The lowest BCUT2D eigenvalue weighted by molar-refractivity contribution is 0.109. The van der Waals surface area contributed by atoms with Crippen LogP contribution in [0, 0.1) is 5.92 Å². The van der Waals surface area contributed by atoms with Crippen LogP contribution in [0.25, 0.3) is 0 Å². The predicted octanol–water partition coefficient (Wildman–Crippen LogP) is 8.65. The normalized spacial score (nSPS) is 22.7. The molecule has 1 unspecified atom stereocenters. The van der Waals surface area contributed by atoms with E-state index in [0.29, 0.717) is 18.2 Å². The van der Waals surface area contributed by atoms with Crippen LogP contribution in [-0.4, -0.2) is 48.2 Å². The molecule has 1 aliphatic rings. The highest BCUT2D eigenvalue weighted by atomic mass is 35.5. The first-order valence-corrected chi connectivity index (χ1v) is 19.3. The average Bonchev–Trinajstić information content (AvgIpc) is 3.09. The molecule has 0 radical (unpaired) electrons. The maximum atomic E-state index is 6.78. The molecule has 1 aromatic carbocycles. The smallest absolute Gasteiger partial charge is 0.193 e. The van der Waals surface area contributed by atoms with Gasteiger partial charge in [0.15, 0.2) is 16.6 Å². The van der Waals surface area contributed by atoms with E-state index in [2.05, 4.69) is 86.5 Å². The number of benzene rings is 1. The second-order valence-electron chi connectivity index (χ2n) is 13.0. The fraction of sp³-hybridized carbons (Fsp3) is 0.655. The van der Waals surface area contributed by atoms with Gasteiger partial charge in [0.1, 0.15) is 12.4 Å². The zero-order valence-electron chi connectivity index (χ0n) is 24.2. The number of rotatable bonds is 11. The lowest BCUT2D eigenvalue weighted by atomic mass is 9.95. The molecule has 0 amide bonds. The third kappa shape index (κ3) is 8.57. The van der Waals surface area contributed by atoms with E-state index in [0.717, 1.165) is 12.2 Å². The van der Waals surface area contributed by atoms with Crippen molar-refractivity contribution in [1.82, 2.24) is 0 Å². The molecule has 0 bridgehead atoms. The van der Waals surface area contributed by atoms with Crippen LogP contribution in [0.4, 0.5) is 0 Å². The molecule has 1 saturated heterocycles. The molecule has 0 saturated carbocycles. The Hall–Kier alpha value is -0.896. The number of allylic oxidation sites excluding steroid dienone is 1. The maximum absolute atomic E-state index is 6.78.